The third-order valence-corrected chi connectivity index (χ3v) is 2.77. The number of hydrogen-bond acceptors (Lipinski definition) is 6. The van der Waals surface area contributed by atoms with Crippen LogP contribution in [0, 0.1) is 0 Å². The van der Waals surface area contributed by atoms with Crippen molar-refractivity contribution in [3.63, 3.8) is 0 Å². The summed E-state index contributed by atoms with van der Waals surface area (Å²) in [6.07, 6.45) is 0. The van der Waals surface area contributed by atoms with Crippen LogP contribution in [0.2, 0.25) is 0 Å². The second-order valence-corrected chi connectivity index (χ2v) is 4.50. The van der Waals surface area contributed by atoms with Crippen LogP contribution < -0.4 is 20.7 Å². The molecule has 1 aromatic carbocycles. The van der Waals surface area contributed by atoms with Crippen molar-refractivity contribution >= 4 is 17.5 Å². The summed E-state index contributed by atoms with van der Waals surface area (Å²) in [4.78, 5) is 10.2. The maximum absolute atomic E-state index is 5.77. The average Bonchev–Trinajstić information content (AvgIpc) is 2.45. The molecule has 0 unspecified atom stereocenters. The second-order valence-electron chi connectivity index (χ2n) is 4.50. The van der Waals surface area contributed by atoms with Crippen molar-refractivity contribution in [2.45, 2.75) is 6.61 Å². The van der Waals surface area contributed by atoms with E-state index in [4.69, 9.17) is 10.5 Å². The molecule has 0 amide bonds. The normalized spacial score (nSPS) is 10.2. The molecule has 0 bridgehead atoms. The minimum absolute atomic E-state index is 0.191. The number of anilines is 3. The SMILES string of the molecule is CNc1c(OCc2ccccc2)nc(N)nc1N(C)C. The van der Waals surface area contributed by atoms with Crippen LogP contribution in [0.25, 0.3) is 0 Å². The van der Waals surface area contributed by atoms with E-state index < -0.39 is 0 Å². The molecule has 0 saturated carbocycles. The minimum atomic E-state index is 0.191. The van der Waals surface area contributed by atoms with Crippen LogP contribution in [0.4, 0.5) is 17.5 Å². The Morgan fingerprint density at radius 1 is 1.20 bits per heavy atom. The van der Waals surface area contributed by atoms with Gasteiger partial charge in [0.15, 0.2) is 5.82 Å². The third kappa shape index (κ3) is 3.09. The molecule has 6 nitrogen and oxygen atoms in total. The molecule has 0 aliphatic rings. The summed E-state index contributed by atoms with van der Waals surface area (Å²) in [5.41, 5.74) is 7.52. The highest BCUT2D eigenvalue weighted by Crippen LogP contribution is 2.31. The van der Waals surface area contributed by atoms with E-state index >= 15 is 0 Å². The largest absolute Gasteiger partial charge is 0.471 e. The van der Waals surface area contributed by atoms with E-state index in [1.54, 1.807) is 7.05 Å². The van der Waals surface area contributed by atoms with Gasteiger partial charge in [-0.3, -0.25) is 0 Å². The smallest absolute Gasteiger partial charge is 0.244 e. The molecule has 2 rings (SSSR count). The van der Waals surface area contributed by atoms with Gasteiger partial charge in [0, 0.05) is 21.1 Å². The van der Waals surface area contributed by atoms with Crippen LogP contribution in [0.5, 0.6) is 5.88 Å². The number of ether oxygens (including phenoxy) is 1. The van der Waals surface area contributed by atoms with Gasteiger partial charge in [0.05, 0.1) is 0 Å². The Morgan fingerprint density at radius 3 is 2.50 bits per heavy atom. The van der Waals surface area contributed by atoms with Crippen LogP contribution in [0.1, 0.15) is 5.56 Å². The molecule has 0 radical (unpaired) electrons. The van der Waals surface area contributed by atoms with Crippen molar-refractivity contribution in [3.05, 3.63) is 35.9 Å². The summed E-state index contributed by atoms with van der Waals surface area (Å²) in [6.45, 7) is 0.429. The zero-order chi connectivity index (χ0) is 14.5. The highest BCUT2D eigenvalue weighted by molar-refractivity contribution is 5.71. The van der Waals surface area contributed by atoms with E-state index in [1.807, 2.05) is 49.3 Å². The maximum Gasteiger partial charge on any atom is 0.244 e. The highest BCUT2D eigenvalue weighted by Gasteiger charge is 2.15. The molecule has 0 saturated heterocycles. The first-order chi connectivity index (χ1) is 9.61. The third-order valence-electron chi connectivity index (χ3n) is 2.77. The van der Waals surface area contributed by atoms with Crippen molar-refractivity contribution in [1.29, 1.82) is 0 Å². The van der Waals surface area contributed by atoms with Crippen molar-refractivity contribution in [2.75, 3.05) is 37.1 Å². The molecule has 1 heterocycles. The number of nitrogens with one attached hydrogen (secondary N) is 1. The van der Waals surface area contributed by atoms with Crippen LogP contribution in [0.15, 0.2) is 30.3 Å². The van der Waals surface area contributed by atoms with Crippen LogP contribution in [0.3, 0.4) is 0 Å². The summed E-state index contributed by atoms with van der Waals surface area (Å²) in [5, 5.41) is 3.06. The molecule has 2 aromatic rings. The predicted molar refractivity (Wildman–Crippen MR) is 81.1 cm³/mol. The Hall–Kier alpha value is -2.50. The van der Waals surface area contributed by atoms with Gasteiger partial charge in [-0.2, -0.15) is 9.97 Å². The van der Waals surface area contributed by atoms with E-state index in [2.05, 4.69) is 15.3 Å². The van der Waals surface area contributed by atoms with Gasteiger partial charge in [-0.15, -0.1) is 0 Å². The fourth-order valence-corrected chi connectivity index (χ4v) is 1.82. The average molecular weight is 273 g/mol. The summed E-state index contributed by atoms with van der Waals surface area (Å²) in [6, 6.07) is 9.90. The van der Waals surface area contributed by atoms with Crippen molar-refractivity contribution in [3.8, 4) is 5.88 Å². The molecule has 0 atom stereocenters. The maximum atomic E-state index is 5.77. The lowest BCUT2D eigenvalue weighted by molar-refractivity contribution is 0.295. The summed E-state index contributed by atoms with van der Waals surface area (Å²) >= 11 is 0. The lowest BCUT2D eigenvalue weighted by atomic mass is 10.2. The fraction of sp³-hybridized carbons (Fsp3) is 0.286. The zero-order valence-corrected chi connectivity index (χ0v) is 11.9. The van der Waals surface area contributed by atoms with Crippen molar-refractivity contribution in [2.24, 2.45) is 0 Å². The van der Waals surface area contributed by atoms with Gasteiger partial charge in [0.25, 0.3) is 0 Å². The molecule has 3 N–H and O–H groups in total. The van der Waals surface area contributed by atoms with Gasteiger partial charge < -0.3 is 20.7 Å². The van der Waals surface area contributed by atoms with E-state index in [9.17, 15) is 0 Å². The Labute approximate surface area is 118 Å². The Kier molecular flexibility index (Phi) is 4.24. The van der Waals surface area contributed by atoms with Crippen molar-refractivity contribution < 1.29 is 4.74 Å². The molecule has 0 fully saturated rings. The van der Waals surface area contributed by atoms with Gasteiger partial charge in [0.1, 0.15) is 12.3 Å². The molecule has 0 aliphatic heterocycles. The van der Waals surface area contributed by atoms with E-state index in [-0.39, 0.29) is 5.95 Å². The van der Waals surface area contributed by atoms with E-state index in [1.165, 1.54) is 0 Å². The number of benzene rings is 1. The lowest BCUT2D eigenvalue weighted by Gasteiger charge is -2.18. The summed E-state index contributed by atoms with van der Waals surface area (Å²) in [5.74, 6) is 1.34. The van der Waals surface area contributed by atoms with Gasteiger partial charge >= 0.3 is 0 Å². The molecule has 1 aromatic heterocycles. The quantitative estimate of drug-likeness (QED) is 0.864. The first-order valence-corrected chi connectivity index (χ1v) is 6.31. The standard InChI is InChI=1S/C14H19N5O/c1-16-11-12(19(2)3)17-14(15)18-13(11)20-9-10-7-5-4-6-8-10/h4-8,16H,9H2,1-3H3,(H2,15,17,18). The first-order valence-electron chi connectivity index (χ1n) is 6.31. The van der Waals surface area contributed by atoms with Gasteiger partial charge in [0.2, 0.25) is 11.8 Å². The summed E-state index contributed by atoms with van der Waals surface area (Å²) in [7, 11) is 5.59. The Bertz CT molecular complexity index is 571. The molecule has 20 heavy (non-hydrogen) atoms. The number of aromatic nitrogens is 2. The molecular formula is C14H19N5O. The number of hydrogen-bond donors (Lipinski definition) is 2. The molecular weight excluding hydrogens is 254 g/mol. The summed E-state index contributed by atoms with van der Waals surface area (Å²) < 4.78 is 5.77. The zero-order valence-electron chi connectivity index (χ0n) is 11.9. The number of rotatable bonds is 5. The van der Waals surface area contributed by atoms with Crippen LogP contribution >= 0.6 is 0 Å². The fourth-order valence-electron chi connectivity index (χ4n) is 1.82. The second kappa shape index (κ2) is 6.10. The molecule has 106 valence electrons. The lowest BCUT2D eigenvalue weighted by Crippen LogP contribution is -2.16. The molecule has 6 heteroatoms. The van der Waals surface area contributed by atoms with E-state index in [0.717, 1.165) is 11.3 Å². The predicted octanol–water partition coefficient (Wildman–Crippen LogP) is 1.75. The van der Waals surface area contributed by atoms with Crippen LogP contribution in [-0.2, 0) is 6.61 Å². The highest BCUT2D eigenvalue weighted by atomic mass is 16.5. The van der Waals surface area contributed by atoms with Gasteiger partial charge in [-0.25, -0.2) is 0 Å². The van der Waals surface area contributed by atoms with E-state index in [0.29, 0.717) is 18.3 Å². The number of nitrogens with two attached hydrogens (primary N) is 1. The molecule has 0 aliphatic carbocycles. The Balaban J connectivity index is 2.26. The number of nitrogen functional groups attached to an aromatic ring is 1. The Morgan fingerprint density at radius 2 is 1.90 bits per heavy atom. The first kappa shape index (κ1) is 13.9. The van der Waals surface area contributed by atoms with Gasteiger partial charge in [-0.1, -0.05) is 30.3 Å². The minimum Gasteiger partial charge on any atom is -0.471 e. The monoisotopic (exact) mass is 273 g/mol. The number of nitrogens with zero attached hydrogens (tertiary/aromatic N) is 3. The van der Waals surface area contributed by atoms with Crippen molar-refractivity contribution in [1.82, 2.24) is 9.97 Å². The topological polar surface area (TPSA) is 76.3 Å². The van der Waals surface area contributed by atoms with Crippen LogP contribution in [-0.4, -0.2) is 31.1 Å². The molecule has 0 spiro atoms. The van der Waals surface area contributed by atoms with Gasteiger partial charge in [-0.05, 0) is 5.56 Å².